The van der Waals surface area contributed by atoms with Crippen LogP contribution < -0.4 is 10.1 Å². The number of ether oxygens (including phenoxy) is 1. The van der Waals surface area contributed by atoms with Gasteiger partial charge in [0.2, 0.25) is 0 Å². The van der Waals surface area contributed by atoms with Crippen molar-refractivity contribution in [1.29, 1.82) is 0 Å². The van der Waals surface area contributed by atoms with Crippen molar-refractivity contribution in [2.24, 2.45) is 0 Å². The molecule has 19 heavy (non-hydrogen) atoms. The average Bonchev–Trinajstić information content (AvgIpc) is 2.99. The number of carbonyl (C=O) groups excluding carboxylic acids is 1. The molecule has 1 atom stereocenters. The van der Waals surface area contributed by atoms with Crippen molar-refractivity contribution in [1.82, 2.24) is 5.32 Å². The summed E-state index contributed by atoms with van der Waals surface area (Å²) >= 11 is 1.45. The van der Waals surface area contributed by atoms with Crippen LogP contribution in [0, 0.1) is 0 Å². The molecule has 0 saturated carbocycles. The minimum Gasteiger partial charge on any atom is -0.497 e. The van der Waals surface area contributed by atoms with Crippen molar-refractivity contribution >= 4 is 17.2 Å². The fourth-order valence-electron chi connectivity index (χ4n) is 1.89. The molecule has 0 aliphatic heterocycles. The summed E-state index contributed by atoms with van der Waals surface area (Å²) in [5.41, 5.74) is 1.09. The van der Waals surface area contributed by atoms with Crippen LogP contribution in [0.1, 0.15) is 34.6 Å². The Labute approximate surface area is 117 Å². The third-order valence-electron chi connectivity index (χ3n) is 2.98. The quantitative estimate of drug-likeness (QED) is 0.904. The molecule has 2 rings (SSSR count). The van der Waals surface area contributed by atoms with E-state index in [2.05, 4.69) is 12.2 Å². The lowest BCUT2D eigenvalue weighted by molar-refractivity contribution is 0.0939. The van der Waals surface area contributed by atoms with Crippen LogP contribution in [-0.4, -0.2) is 13.0 Å². The van der Waals surface area contributed by atoms with E-state index in [0.717, 1.165) is 22.6 Å². The van der Waals surface area contributed by atoms with Crippen LogP contribution in [-0.2, 0) is 0 Å². The zero-order valence-electron chi connectivity index (χ0n) is 11.1. The molecule has 0 aliphatic carbocycles. The van der Waals surface area contributed by atoms with Gasteiger partial charge in [-0.05, 0) is 35.6 Å². The molecule has 1 aromatic carbocycles. The summed E-state index contributed by atoms with van der Waals surface area (Å²) in [7, 11) is 1.64. The summed E-state index contributed by atoms with van der Waals surface area (Å²) < 4.78 is 5.14. The van der Waals surface area contributed by atoms with Gasteiger partial charge in [-0.1, -0.05) is 25.1 Å². The number of benzene rings is 1. The maximum absolute atomic E-state index is 12.0. The van der Waals surface area contributed by atoms with Gasteiger partial charge in [-0.25, -0.2) is 0 Å². The molecule has 3 nitrogen and oxygen atoms in total. The second kappa shape index (κ2) is 6.38. The lowest BCUT2D eigenvalue weighted by Gasteiger charge is -2.17. The van der Waals surface area contributed by atoms with E-state index in [1.165, 1.54) is 11.3 Å². The summed E-state index contributed by atoms with van der Waals surface area (Å²) in [4.78, 5) is 12.8. The third-order valence-corrected chi connectivity index (χ3v) is 3.85. The number of hydrogen-bond donors (Lipinski definition) is 1. The molecule has 1 aromatic heterocycles. The molecule has 4 heteroatoms. The highest BCUT2D eigenvalue weighted by Crippen LogP contribution is 2.21. The molecule has 100 valence electrons. The van der Waals surface area contributed by atoms with E-state index in [4.69, 9.17) is 4.74 Å². The van der Waals surface area contributed by atoms with Crippen molar-refractivity contribution in [3.63, 3.8) is 0 Å². The molecule has 0 radical (unpaired) electrons. The first kappa shape index (κ1) is 13.6. The van der Waals surface area contributed by atoms with E-state index in [0.29, 0.717) is 0 Å². The molecule has 0 bridgehead atoms. The first-order valence-corrected chi connectivity index (χ1v) is 7.11. The first-order valence-electron chi connectivity index (χ1n) is 6.23. The lowest BCUT2D eigenvalue weighted by Crippen LogP contribution is -2.27. The number of hydrogen-bond acceptors (Lipinski definition) is 3. The van der Waals surface area contributed by atoms with E-state index in [1.54, 1.807) is 7.11 Å². The van der Waals surface area contributed by atoms with Crippen molar-refractivity contribution in [3.05, 3.63) is 52.2 Å². The maximum atomic E-state index is 12.0. The van der Waals surface area contributed by atoms with Crippen LogP contribution in [0.25, 0.3) is 0 Å². The summed E-state index contributed by atoms with van der Waals surface area (Å²) in [6, 6.07) is 11.5. The number of carbonyl (C=O) groups is 1. The van der Waals surface area contributed by atoms with Crippen LogP contribution in [0.2, 0.25) is 0 Å². The summed E-state index contributed by atoms with van der Waals surface area (Å²) in [5.74, 6) is 0.806. The normalized spacial score (nSPS) is 11.9. The van der Waals surface area contributed by atoms with E-state index in [1.807, 2.05) is 41.8 Å². The summed E-state index contributed by atoms with van der Waals surface area (Å²) in [6.45, 7) is 2.06. The highest BCUT2D eigenvalue weighted by Gasteiger charge is 2.14. The monoisotopic (exact) mass is 275 g/mol. The highest BCUT2D eigenvalue weighted by molar-refractivity contribution is 7.12. The van der Waals surface area contributed by atoms with Crippen LogP contribution in [0.4, 0.5) is 0 Å². The van der Waals surface area contributed by atoms with Gasteiger partial charge in [-0.15, -0.1) is 11.3 Å². The Kier molecular flexibility index (Phi) is 4.58. The molecule has 0 fully saturated rings. The van der Waals surface area contributed by atoms with Gasteiger partial charge in [-0.2, -0.15) is 0 Å². The Hall–Kier alpha value is -1.81. The Morgan fingerprint density at radius 2 is 2.05 bits per heavy atom. The predicted octanol–water partition coefficient (Wildman–Crippen LogP) is 3.64. The molecular formula is C15H17NO2S. The van der Waals surface area contributed by atoms with Gasteiger partial charge >= 0.3 is 0 Å². The largest absolute Gasteiger partial charge is 0.497 e. The van der Waals surface area contributed by atoms with E-state index >= 15 is 0 Å². The Balaban J connectivity index is 2.09. The van der Waals surface area contributed by atoms with Gasteiger partial charge in [0.05, 0.1) is 18.0 Å². The molecule has 0 saturated heterocycles. The van der Waals surface area contributed by atoms with Gasteiger partial charge in [-0.3, -0.25) is 4.79 Å². The van der Waals surface area contributed by atoms with Gasteiger partial charge < -0.3 is 10.1 Å². The van der Waals surface area contributed by atoms with E-state index in [-0.39, 0.29) is 11.9 Å². The molecule has 1 amide bonds. The number of thiophene rings is 1. The maximum Gasteiger partial charge on any atom is 0.261 e. The number of rotatable bonds is 5. The highest BCUT2D eigenvalue weighted by atomic mass is 32.1. The van der Waals surface area contributed by atoms with Gasteiger partial charge in [0.25, 0.3) is 5.91 Å². The summed E-state index contributed by atoms with van der Waals surface area (Å²) in [6.07, 6.45) is 0.851. The Morgan fingerprint density at radius 3 is 2.58 bits per heavy atom. The zero-order valence-corrected chi connectivity index (χ0v) is 11.9. The minimum absolute atomic E-state index is 0.0160. The van der Waals surface area contributed by atoms with Crippen LogP contribution >= 0.6 is 11.3 Å². The average molecular weight is 275 g/mol. The topological polar surface area (TPSA) is 38.3 Å². The van der Waals surface area contributed by atoms with E-state index < -0.39 is 0 Å². The predicted molar refractivity (Wildman–Crippen MR) is 77.8 cm³/mol. The Morgan fingerprint density at radius 1 is 1.32 bits per heavy atom. The van der Waals surface area contributed by atoms with Gasteiger partial charge in [0.15, 0.2) is 0 Å². The SMILES string of the molecule is CCC(NC(=O)c1cccs1)c1ccc(OC)cc1. The molecule has 0 aliphatic rings. The molecule has 0 spiro atoms. The molecule has 1 unspecified atom stereocenters. The van der Waals surface area contributed by atoms with E-state index in [9.17, 15) is 4.79 Å². The third kappa shape index (κ3) is 3.35. The Bertz CT molecular complexity index is 520. The fourth-order valence-corrected chi connectivity index (χ4v) is 2.52. The molecular weight excluding hydrogens is 258 g/mol. The van der Waals surface area contributed by atoms with Crippen molar-refractivity contribution in [3.8, 4) is 5.75 Å². The van der Waals surface area contributed by atoms with Crippen LogP contribution in [0.5, 0.6) is 5.75 Å². The number of amides is 1. The second-order valence-electron chi connectivity index (χ2n) is 4.18. The van der Waals surface area contributed by atoms with Gasteiger partial charge in [0.1, 0.15) is 5.75 Å². The zero-order chi connectivity index (χ0) is 13.7. The van der Waals surface area contributed by atoms with Gasteiger partial charge in [0, 0.05) is 0 Å². The van der Waals surface area contributed by atoms with Crippen LogP contribution in [0.3, 0.4) is 0 Å². The fraction of sp³-hybridized carbons (Fsp3) is 0.267. The standard InChI is InChI=1S/C15H17NO2S/c1-3-13(11-6-8-12(18-2)9-7-11)16-15(17)14-5-4-10-19-14/h4-10,13H,3H2,1-2H3,(H,16,17). The molecule has 1 N–H and O–H groups in total. The number of methoxy groups -OCH3 is 1. The number of nitrogens with one attached hydrogen (secondary N) is 1. The van der Waals surface area contributed by atoms with Crippen molar-refractivity contribution < 1.29 is 9.53 Å². The minimum atomic E-state index is -0.0160. The lowest BCUT2D eigenvalue weighted by atomic mass is 10.0. The smallest absolute Gasteiger partial charge is 0.261 e. The first-order chi connectivity index (χ1) is 9.24. The van der Waals surface area contributed by atoms with Crippen LogP contribution in [0.15, 0.2) is 41.8 Å². The molecule has 2 aromatic rings. The summed E-state index contributed by atoms with van der Waals surface area (Å²) in [5, 5.41) is 4.96. The van der Waals surface area contributed by atoms with Crippen molar-refractivity contribution in [2.75, 3.05) is 7.11 Å². The molecule has 1 heterocycles. The second-order valence-corrected chi connectivity index (χ2v) is 5.13. The van der Waals surface area contributed by atoms with Crippen molar-refractivity contribution in [2.45, 2.75) is 19.4 Å².